The molecule has 1 aromatic rings. The molecular weight excluding hydrogens is 244 g/mol. The van der Waals surface area contributed by atoms with Crippen molar-refractivity contribution >= 4 is 0 Å². The van der Waals surface area contributed by atoms with E-state index in [0.717, 1.165) is 29.9 Å². The summed E-state index contributed by atoms with van der Waals surface area (Å²) in [5.41, 5.74) is 3.46. The van der Waals surface area contributed by atoms with Crippen molar-refractivity contribution in [1.29, 1.82) is 0 Å². The van der Waals surface area contributed by atoms with Gasteiger partial charge in [0, 0.05) is 5.56 Å². The van der Waals surface area contributed by atoms with Crippen LogP contribution in [0.5, 0.6) is 5.75 Å². The molecule has 0 amide bonds. The number of benzene rings is 1. The summed E-state index contributed by atoms with van der Waals surface area (Å²) in [6.07, 6.45) is 9.91. The number of ether oxygens (including phenoxy) is 1. The monoisotopic (exact) mass is 270 g/mol. The molecule has 4 bridgehead atoms. The van der Waals surface area contributed by atoms with E-state index in [-0.39, 0.29) is 0 Å². The maximum absolute atomic E-state index is 5.73. The van der Waals surface area contributed by atoms with E-state index in [2.05, 4.69) is 25.1 Å². The van der Waals surface area contributed by atoms with Crippen LogP contribution in [0.25, 0.3) is 0 Å². The van der Waals surface area contributed by atoms with E-state index < -0.39 is 0 Å². The SMILES string of the molecule is CCc1ccc(OC)c(C23CC4CC(CC(C4)C2)C3)c1. The molecule has 0 atom stereocenters. The number of hydrogen-bond donors (Lipinski definition) is 0. The lowest BCUT2D eigenvalue weighted by Gasteiger charge is -2.57. The lowest BCUT2D eigenvalue weighted by Crippen LogP contribution is -2.48. The highest BCUT2D eigenvalue weighted by Gasteiger charge is 2.52. The van der Waals surface area contributed by atoms with E-state index in [0.29, 0.717) is 5.41 Å². The second-order valence-corrected chi connectivity index (χ2v) is 7.59. The van der Waals surface area contributed by atoms with Crippen molar-refractivity contribution in [2.75, 3.05) is 7.11 Å². The Bertz CT molecular complexity index is 481. The minimum atomic E-state index is 0.450. The predicted molar refractivity (Wildman–Crippen MR) is 82.2 cm³/mol. The highest BCUT2D eigenvalue weighted by molar-refractivity contribution is 5.44. The van der Waals surface area contributed by atoms with Gasteiger partial charge in [0.15, 0.2) is 0 Å². The van der Waals surface area contributed by atoms with Crippen LogP contribution >= 0.6 is 0 Å². The van der Waals surface area contributed by atoms with Gasteiger partial charge in [0.1, 0.15) is 5.75 Å². The molecule has 0 heterocycles. The summed E-state index contributed by atoms with van der Waals surface area (Å²) < 4.78 is 5.73. The lowest BCUT2D eigenvalue weighted by atomic mass is 9.48. The molecular formula is C19H26O. The molecule has 5 rings (SSSR count). The summed E-state index contributed by atoms with van der Waals surface area (Å²) in [7, 11) is 1.84. The standard InChI is InChI=1S/C19H26O/c1-3-13-4-5-18(20-2)17(9-13)19-10-14-6-15(11-19)8-16(7-14)12-19/h4-5,9,14-16H,3,6-8,10-12H2,1-2H3. The molecule has 1 heteroatoms. The molecule has 108 valence electrons. The van der Waals surface area contributed by atoms with Crippen LogP contribution in [-0.4, -0.2) is 7.11 Å². The molecule has 4 aliphatic carbocycles. The summed E-state index contributed by atoms with van der Waals surface area (Å²) in [5.74, 6) is 4.13. The molecule has 0 aliphatic heterocycles. The molecule has 4 aliphatic rings. The smallest absolute Gasteiger partial charge is 0.122 e. The van der Waals surface area contributed by atoms with Crippen molar-refractivity contribution in [1.82, 2.24) is 0 Å². The molecule has 20 heavy (non-hydrogen) atoms. The quantitative estimate of drug-likeness (QED) is 0.772. The Morgan fingerprint density at radius 2 is 1.65 bits per heavy atom. The van der Waals surface area contributed by atoms with Gasteiger partial charge in [-0.3, -0.25) is 0 Å². The van der Waals surface area contributed by atoms with E-state index in [4.69, 9.17) is 4.74 Å². The Labute approximate surface area is 122 Å². The Morgan fingerprint density at radius 1 is 1.05 bits per heavy atom. The highest BCUT2D eigenvalue weighted by atomic mass is 16.5. The van der Waals surface area contributed by atoms with Crippen molar-refractivity contribution in [2.24, 2.45) is 17.8 Å². The van der Waals surface area contributed by atoms with Gasteiger partial charge in [0.05, 0.1) is 7.11 Å². The maximum atomic E-state index is 5.73. The fourth-order valence-electron chi connectivity index (χ4n) is 5.83. The van der Waals surface area contributed by atoms with E-state index in [1.807, 2.05) is 7.11 Å². The van der Waals surface area contributed by atoms with E-state index >= 15 is 0 Å². The Balaban J connectivity index is 1.79. The van der Waals surface area contributed by atoms with Crippen LogP contribution in [0, 0.1) is 17.8 Å². The highest BCUT2D eigenvalue weighted by Crippen LogP contribution is 2.61. The number of rotatable bonds is 3. The van der Waals surface area contributed by atoms with Gasteiger partial charge in [-0.25, -0.2) is 0 Å². The topological polar surface area (TPSA) is 9.23 Å². The molecule has 1 aromatic carbocycles. The average molecular weight is 270 g/mol. The van der Waals surface area contributed by atoms with Crippen LogP contribution in [0.1, 0.15) is 56.6 Å². The molecule has 1 nitrogen and oxygen atoms in total. The third-order valence-corrected chi connectivity index (χ3v) is 6.28. The van der Waals surface area contributed by atoms with Gasteiger partial charge in [0.2, 0.25) is 0 Å². The van der Waals surface area contributed by atoms with Crippen molar-refractivity contribution < 1.29 is 4.74 Å². The Morgan fingerprint density at radius 3 is 2.15 bits per heavy atom. The van der Waals surface area contributed by atoms with Crippen LogP contribution in [0.3, 0.4) is 0 Å². The third-order valence-electron chi connectivity index (χ3n) is 6.28. The van der Waals surface area contributed by atoms with Crippen LogP contribution in [0.2, 0.25) is 0 Å². The summed E-state index contributed by atoms with van der Waals surface area (Å²) in [6.45, 7) is 2.26. The van der Waals surface area contributed by atoms with E-state index in [1.54, 1.807) is 5.56 Å². The molecule has 0 radical (unpaired) electrons. The van der Waals surface area contributed by atoms with E-state index in [9.17, 15) is 0 Å². The lowest BCUT2D eigenvalue weighted by molar-refractivity contribution is -0.00618. The molecule has 4 fully saturated rings. The third kappa shape index (κ3) is 1.82. The van der Waals surface area contributed by atoms with Crippen molar-refractivity contribution in [2.45, 2.75) is 57.3 Å². The van der Waals surface area contributed by atoms with Crippen LogP contribution in [0.4, 0.5) is 0 Å². The summed E-state index contributed by atoms with van der Waals surface area (Å²) in [6, 6.07) is 6.92. The Hall–Kier alpha value is -0.980. The summed E-state index contributed by atoms with van der Waals surface area (Å²) >= 11 is 0. The molecule has 0 spiro atoms. The van der Waals surface area contributed by atoms with E-state index in [1.165, 1.54) is 44.1 Å². The van der Waals surface area contributed by atoms with Crippen LogP contribution < -0.4 is 4.74 Å². The Kier molecular flexibility index (Phi) is 2.87. The van der Waals surface area contributed by atoms with Crippen molar-refractivity contribution in [3.63, 3.8) is 0 Å². The van der Waals surface area contributed by atoms with Gasteiger partial charge in [-0.1, -0.05) is 19.1 Å². The first-order chi connectivity index (χ1) is 9.72. The molecule has 4 saturated carbocycles. The van der Waals surface area contributed by atoms with Gasteiger partial charge in [-0.05, 0) is 79.7 Å². The van der Waals surface area contributed by atoms with Gasteiger partial charge in [-0.2, -0.15) is 0 Å². The molecule has 0 unspecified atom stereocenters. The zero-order valence-corrected chi connectivity index (χ0v) is 12.8. The fourth-order valence-corrected chi connectivity index (χ4v) is 5.83. The minimum absolute atomic E-state index is 0.450. The van der Waals surface area contributed by atoms with Gasteiger partial charge >= 0.3 is 0 Å². The van der Waals surface area contributed by atoms with Gasteiger partial charge < -0.3 is 4.74 Å². The zero-order valence-electron chi connectivity index (χ0n) is 12.8. The minimum Gasteiger partial charge on any atom is -0.496 e. The molecule has 0 aromatic heterocycles. The first-order valence-corrected chi connectivity index (χ1v) is 8.40. The van der Waals surface area contributed by atoms with Crippen LogP contribution in [0.15, 0.2) is 18.2 Å². The number of aryl methyl sites for hydroxylation is 1. The number of methoxy groups -OCH3 is 1. The molecule has 0 N–H and O–H groups in total. The number of hydrogen-bond acceptors (Lipinski definition) is 1. The van der Waals surface area contributed by atoms with Crippen LogP contribution in [-0.2, 0) is 11.8 Å². The largest absolute Gasteiger partial charge is 0.496 e. The second kappa shape index (κ2) is 4.51. The second-order valence-electron chi connectivity index (χ2n) is 7.59. The fraction of sp³-hybridized carbons (Fsp3) is 0.684. The van der Waals surface area contributed by atoms with Gasteiger partial charge in [-0.15, -0.1) is 0 Å². The summed E-state index contributed by atoms with van der Waals surface area (Å²) in [4.78, 5) is 0. The first kappa shape index (κ1) is 12.7. The summed E-state index contributed by atoms with van der Waals surface area (Å²) in [5, 5.41) is 0. The molecule has 0 saturated heterocycles. The predicted octanol–water partition coefficient (Wildman–Crippen LogP) is 4.73. The average Bonchev–Trinajstić information content (AvgIpc) is 2.45. The normalized spacial score (nSPS) is 38.2. The van der Waals surface area contributed by atoms with Gasteiger partial charge in [0.25, 0.3) is 0 Å². The van der Waals surface area contributed by atoms with Crippen molar-refractivity contribution in [3.05, 3.63) is 29.3 Å². The van der Waals surface area contributed by atoms with Crippen molar-refractivity contribution in [3.8, 4) is 5.75 Å². The maximum Gasteiger partial charge on any atom is 0.122 e. The first-order valence-electron chi connectivity index (χ1n) is 8.40. The zero-order chi connectivity index (χ0) is 13.7.